The van der Waals surface area contributed by atoms with Crippen molar-refractivity contribution in [3.8, 4) is 0 Å². The molecule has 3 N–H and O–H groups in total. The molecule has 0 saturated carbocycles. The Balaban J connectivity index is 4.00. The van der Waals surface area contributed by atoms with Crippen LogP contribution in [0.15, 0.2) is 5.28 Å². The lowest BCUT2D eigenvalue weighted by Gasteiger charge is -2.25. The van der Waals surface area contributed by atoms with Crippen LogP contribution in [-0.2, 0) is 4.84 Å². The van der Waals surface area contributed by atoms with E-state index in [1.807, 2.05) is 0 Å². The van der Waals surface area contributed by atoms with Crippen molar-refractivity contribution < 1.29 is 20.2 Å². The summed E-state index contributed by atoms with van der Waals surface area (Å²) < 4.78 is 0. The van der Waals surface area contributed by atoms with Gasteiger partial charge in [0, 0.05) is 4.91 Å². The van der Waals surface area contributed by atoms with Gasteiger partial charge in [0.25, 0.3) is 0 Å². The van der Waals surface area contributed by atoms with Crippen LogP contribution in [0.4, 0.5) is 0 Å². The highest BCUT2D eigenvalue weighted by molar-refractivity contribution is 4.75. The molecule has 0 amide bonds. The minimum atomic E-state index is -1.14. The zero-order chi connectivity index (χ0) is 9.45. The van der Waals surface area contributed by atoms with Gasteiger partial charge in [0.1, 0.15) is 11.9 Å². The van der Waals surface area contributed by atoms with E-state index in [9.17, 15) is 0 Å². The van der Waals surface area contributed by atoms with Crippen LogP contribution in [0, 0.1) is 5.41 Å². The van der Waals surface area contributed by atoms with Crippen molar-refractivity contribution in [1.29, 1.82) is 0 Å². The third-order valence-electron chi connectivity index (χ3n) is 1.47. The SMILES string of the molecule is [N-]=[N+]=NOCC(CO)(CO)CO. The van der Waals surface area contributed by atoms with Gasteiger partial charge in [-0.1, -0.05) is 0 Å². The second-order valence-corrected chi connectivity index (χ2v) is 2.42. The Morgan fingerprint density at radius 2 is 1.75 bits per heavy atom. The Hall–Kier alpha value is -1.01. The molecule has 0 bridgehead atoms. The van der Waals surface area contributed by atoms with Crippen LogP contribution in [0.3, 0.4) is 0 Å². The van der Waals surface area contributed by atoms with Gasteiger partial charge in [0.2, 0.25) is 0 Å². The van der Waals surface area contributed by atoms with Crippen molar-refractivity contribution in [2.45, 2.75) is 0 Å². The number of nitrogens with zero attached hydrogens (tertiary/aromatic N) is 3. The van der Waals surface area contributed by atoms with E-state index in [4.69, 9.17) is 20.9 Å². The molecular weight excluding hydrogens is 166 g/mol. The molecule has 0 aliphatic carbocycles. The Labute approximate surface area is 68.8 Å². The molecule has 0 heterocycles. The molecule has 0 fully saturated rings. The molecule has 70 valence electrons. The monoisotopic (exact) mass is 177 g/mol. The second-order valence-electron chi connectivity index (χ2n) is 2.42. The topological polar surface area (TPSA) is 119 Å². The van der Waals surface area contributed by atoms with E-state index in [1.165, 1.54) is 0 Å². The quantitative estimate of drug-likeness (QED) is 0.213. The molecule has 7 nitrogen and oxygen atoms in total. The van der Waals surface area contributed by atoms with Crippen LogP contribution >= 0.6 is 0 Å². The fourth-order valence-corrected chi connectivity index (χ4v) is 0.479. The lowest BCUT2D eigenvalue weighted by Crippen LogP contribution is -2.38. The zero-order valence-electron chi connectivity index (χ0n) is 6.42. The third-order valence-corrected chi connectivity index (χ3v) is 1.47. The van der Waals surface area contributed by atoms with Gasteiger partial charge in [-0.3, -0.25) is 0 Å². The standard InChI is InChI=1S/C5H11N3O4/c6-7-8-12-4-5(1-9,2-10)3-11/h9-11H,1-4H2. The summed E-state index contributed by atoms with van der Waals surface area (Å²) in [6, 6.07) is 0. The van der Waals surface area contributed by atoms with Crippen LogP contribution in [0.2, 0.25) is 0 Å². The number of aliphatic hydroxyl groups is 3. The van der Waals surface area contributed by atoms with Crippen molar-refractivity contribution in [2.75, 3.05) is 26.4 Å². The van der Waals surface area contributed by atoms with E-state index >= 15 is 0 Å². The highest BCUT2D eigenvalue weighted by atomic mass is 16.6. The van der Waals surface area contributed by atoms with E-state index in [0.29, 0.717) is 0 Å². The first-order chi connectivity index (χ1) is 5.74. The molecule has 0 radical (unpaired) electrons. The summed E-state index contributed by atoms with van der Waals surface area (Å²) >= 11 is 0. The maximum Gasteiger partial charge on any atom is 0.111 e. The van der Waals surface area contributed by atoms with Crippen molar-refractivity contribution in [3.63, 3.8) is 0 Å². The lowest BCUT2D eigenvalue weighted by atomic mass is 9.93. The summed E-state index contributed by atoms with van der Waals surface area (Å²) in [6.45, 7) is -1.55. The van der Waals surface area contributed by atoms with Crippen molar-refractivity contribution in [1.82, 2.24) is 0 Å². The highest BCUT2D eigenvalue weighted by Gasteiger charge is 2.28. The Kier molecular flexibility index (Phi) is 5.14. The first-order valence-corrected chi connectivity index (χ1v) is 3.23. The van der Waals surface area contributed by atoms with Crippen LogP contribution < -0.4 is 0 Å². The predicted octanol–water partition coefficient (Wildman–Crippen LogP) is -0.808. The van der Waals surface area contributed by atoms with Gasteiger partial charge in [0.05, 0.1) is 25.2 Å². The summed E-state index contributed by atoms with van der Waals surface area (Å²) in [6.07, 6.45) is 0. The Bertz CT molecular complexity index is 156. The van der Waals surface area contributed by atoms with Crippen LogP contribution in [0.1, 0.15) is 0 Å². The second kappa shape index (κ2) is 5.62. The molecule has 0 aromatic heterocycles. The molecule has 7 heteroatoms. The molecule has 0 unspecified atom stereocenters. The Morgan fingerprint density at radius 1 is 1.25 bits per heavy atom. The molecule has 0 aliphatic rings. The minimum Gasteiger partial charge on any atom is -0.433 e. The van der Waals surface area contributed by atoms with Gasteiger partial charge < -0.3 is 20.2 Å². The number of hydrogen-bond donors (Lipinski definition) is 3. The summed E-state index contributed by atoms with van der Waals surface area (Å²) in [7, 11) is 0. The first kappa shape index (κ1) is 11.0. The molecule has 0 aromatic rings. The van der Waals surface area contributed by atoms with E-state index in [0.717, 1.165) is 0 Å². The number of hydrogen-bond acceptors (Lipinski definition) is 5. The van der Waals surface area contributed by atoms with Gasteiger partial charge in [-0.05, 0) is 5.53 Å². The van der Waals surface area contributed by atoms with Crippen molar-refractivity contribution >= 4 is 0 Å². The molecule has 0 aromatic carbocycles. The van der Waals surface area contributed by atoms with Gasteiger partial charge >= 0.3 is 0 Å². The number of rotatable bonds is 6. The zero-order valence-corrected chi connectivity index (χ0v) is 6.42. The maximum atomic E-state index is 8.74. The number of aliphatic hydroxyl groups excluding tert-OH is 3. The summed E-state index contributed by atoms with van der Waals surface area (Å²) in [5, 5.41) is 29.0. The predicted molar refractivity (Wildman–Crippen MR) is 38.8 cm³/mol. The Morgan fingerprint density at radius 3 is 2.08 bits per heavy atom. The average molecular weight is 177 g/mol. The first-order valence-electron chi connectivity index (χ1n) is 3.23. The van der Waals surface area contributed by atoms with Gasteiger partial charge in [-0.2, -0.15) is 0 Å². The van der Waals surface area contributed by atoms with E-state index in [1.54, 1.807) is 0 Å². The van der Waals surface area contributed by atoms with E-state index < -0.39 is 25.2 Å². The molecule has 12 heavy (non-hydrogen) atoms. The fourth-order valence-electron chi connectivity index (χ4n) is 0.479. The smallest absolute Gasteiger partial charge is 0.111 e. The molecular formula is C5H11N3O4. The van der Waals surface area contributed by atoms with Crippen LogP contribution in [-0.4, -0.2) is 41.7 Å². The summed E-state index contributed by atoms with van der Waals surface area (Å²) in [5.74, 6) is 0. The van der Waals surface area contributed by atoms with Gasteiger partial charge in [-0.15, -0.1) is 0 Å². The van der Waals surface area contributed by atoms with Gasteiger partial charge in [0.15, 0.2) is 0 Å². The average Bonchev–Trinajstić information content (AvgIpc) is 2.14. The van der Waals surface area contributed by atoms with Crippen molar-refractivity contribution in [3.05, 3.63) is 10.4 Å². The maximum absolute atomic E-state index is 8.74. The molecule has 0 atom stereocenters. The fraction of sp³-hybridized carbons (Fsp3) is 1.00. The molecule has 0 saturated heterocycles. The van der Waals surface area contributed by atoms with Crippen molar-refractivity contribution in [2.24, 2.45) is 10.7 Å². The molecule has 0 spiro atoms. The largest absolute Gasteiger partial charge is 0.433 e. The summed E-state index contributed by atoms with van der Waals surface area (Å²) in [4.78, 5) is 6.65. The van der Waals surface area contributed by atoms with E-state index in [2.05, 4.69) is 15.0 Å². The normalized spacial score (nSPS) is 10.6. The van der Waals surface area contributed by atoms with Crippen LogP contribution in [0.5, 0.6) is 0 Å². The van der Waals surface area contributed by atoms with Crippen LogP contribution in [0.25, 0.3) is 10.4 Å². The summed E-state index contributed by atoms with van der Waals surface area (Å²) in [5.41, 5.74) is 6.68. The van der Waals surface area contributed by atoms with Gasteiger partial charge in [-0.25, -0.2) is 0 Å². The minimum absolute atomic E-state index is 0.222. The lowest BCUT2D eigenvalue weighted by molar-refractivity contribution is -0.0581. The third kappa shape index (κ3) is 2.93. The number of azide groups is 1. The molecule has 0 aliphatic heterocycles. The van der Waals surface area contributed by atoms with E-state index in [-0.39, 0.29) is 6.61 Å². The molecule has 0 rings (SSSR count). The highest BCUT2D eigenvalue weighted by Crippen LogP contribution is 2.14.